The van der Waals surface area contributed by atoms with E-state index in [1.165, 1.54) is 16.2 Å². The summed E-state index contributed by atoms with van der Waals surface area (Å²) in [5.74, 6) is 0.0732. The highest BCUT2D eigenvalue weighted by atomic mass is 32.1. The fourth-order valence-electron chi connectivity index (χ4n) is 2.57. The second-order valence-corrected chi connectivity index (χ2v) is 8.09. The van der Waals surface area contributed by atoms with E-state index in [4.69, 9.17) is 9.47 Å². The third-order valence-corrected chi connectivity index (χ3v) is 5.98. The lowest BCUT2D eigenvalue weighted by Crippen LogP contribution is -2.31. The number of benzene rings is 1. The number of aromatic nitrogens is 1. The monoisotopic (exact) mass is 430 g/mol. The zero-order valence-corrected chi connectivity index (χ0v) is 17.9. The summed E-state index contributed by atoms with van der Waals surface area (Å²) in [5, 5.41) is 4.71. The molecule has 0 bridgehead atoms. The molecule has 0 saturated carbocycles. The fraction of sp³-hybridized carbons (Fsp3) is 0.286. The maximum atomic E-state index is 12.2. The van der Waals surface area contributed by atoms with Crippen molar-refractivity contribution >= 4 is 34.6 Å². The van der Waals surface area contributed by atoms with Crippen LogP contribution in [0, 0.1) is 0 Å². The van der Waals surface area contributed by atoms with Crippen molar-refractivity contribution < 1.29 is 19.1 Å². The van der Waals surface area contributed by atoms with Gasteiger partial charge in [-0.3, -0.25) is 9.59 Å². The van der Waals surface area contributed by atoms with Crippen molar-refractivity contribution in [2.45, 2.75) is 19.9 Å². The number of esters is 1. The minimum absolute atomic E-state index is 0.0533. The zero-order chi connectivity index (χ0) is 20.6. The first-order valence-corrected chi connectivity index (χ1v) is 10.9. The second kappa shape index (κ2) is 10.2. The number of nitrogens with zero attached hydrogens (tertiary/aromatic N) is 2. The van der Waals surface area contributed by atoms with E-state index in [0.29, 0.717) is 18.8 Å². The van der Waals surface area contributed by atoms with Crippen molar-refractivity contribution in [3.8, 4) is 15.6 Å². The van der Waals surface area contributed by atoms with Crippen molar-refractivity contribution in [3.63, 3.8) is 0 Å². The van der Waals surface area contributed by atoms with Gasteiger partial charge in [-0.2, -0.15) is 0 Å². The predicted molar refractivity (Wildman–Crippen MR) is 114 cm³/mol. The Morgan fingerprint density at radius 2 is 1.93 bits per heavy atom. The summed E-state index contributed by atoms with van der Waals surface area (Å²) >= 11 is 3.10. The van der Waals surface area contributed by atoms with Gasteiger partial charge in [0.2, 0.25) is 0 Å². The van der Waals surface area contributed by atoms with E-state index >= 15 is 0 Å². The molecule has 0 N–H and O–H groups in total. The third kappa shape index (κ3) is 6.13. The third-order valence-electron chi connectivity index (χ3n) is 4.05. The highest BCUT2D eigenvalue weighted by Gasteiger charge is 2.15. The number of carbonyl (C=O) groups is 2. The Kier molecular flexibility index (Phi) is 7.37. The van der Waals surface area contributed by atoms with E-state index in [1.807, 2.05) is 54.1 Å². The summed E-state index contributed by atoms with van der Waals surface area (Å²) in [7, 11) is 1.68. The molecule has 2 aromatic heterocycles. The lowest BCUT2D eigenvalue weighted by atomic mass is 10.2. The average molecular weight is 431 g/mol. The molecule has 152 valence electrons. The van der Waals surface area contributed by atoms with Crippen LogP contribution in [-0.4, -0.2) is 42.0 Å². The van der Waals surface area contributed by atoms with Crippen LogP contribution in [0.4, 0.5) is 0 Å². The van der Waals surface area contributed by atoms with E-state index in [2.05, 4.69) is 4.98 Å². The minimum atomic E-state index is -0.462. The molecule has 3 aromatic rings. The van der Waals surface area contributed by atoms with Crippen LogP contribution in [0.25, 0.3) is 9.88 Å². The first-order chi connectivity index (χ1) is 14.0. The molecule has 8 heteroatoms. The van der Waals surface area contributed by atoms with E-state index in [-0.39, 0.29) is 18.9 Å². The van der Waals surface area contributed by atoms with E-state index in [9.17, 15) is 9.59 Å². The van der Waals surface area contributed by atoms with Gasteiger partial charge in [-0.05, 0) is 36.1 Å². The second-order valence-electron chi connectivity index (χ2n) is 6.29. The summed E-state index contributed by atoms with van der Waals surface area (Å²) in [4.78, 5) is 31.4. The summed E-state index contributed by atoms with van der Waals surface area (Å²) in [6.07, 6.45) is 0.0533. The number of amides is 1. The highest BCUT2D eigenvalue weighted by Crippen LogP contribution is 2.27. The summed E-state index contributed by atoms with van der Waals surface area (Å²) < 4.78 is 10.5. The summed E-state index contributed by atoms with van der Waals surface area (Å²) in [5.41, 5.74) is 1.62. The highest BCUT2D eigenvalue weighted by molar-refractivity contribution is 7.20. The Balaban J connectivity index is 1.44. The van der Waals surface area contributed by atoms with E-state index in [0.717, 1.165) is 21.2 Å². The fourth-order valence-corrected chi connectivity index (χ4v) is 4.21. The Morgan fingerprint density at radius 3 is 2.62 bits per heavy atom. The standard InChI is InChI=1S/C21H22N2O4S2/c1-3-26-17-8-6-15(7-9-17)12-23(2)19(24)13-27-20(25)11-16-14-29-21(22-16)18-5-4-10-28-18/h4-10,14H,3,11-13H2,1-2H3. The molecule has 0 spiro atoms. The van der Waals surface area contributed by atoms with Gasteiger partial charge in [0.25, 0.3) is 5.91 Å². The Morgan fingerprint density at radius 1 is 1.14 bits per heavy atom. The van der Waals surface area contributed by atoms with Crippen LogP contribution in [-0.2, 0) is 27.3 Å². The lowest BCUT2D eigenvalue weighted by molar-refractivity contribution is -0.151. The van der Waals surface area contributed by atoms with Crippen molar-refractivity contribution in [2.24, 2.45) is 0 Å². The molecule has 0 saturated heterocycles. The number of thiazole rings is 1. The van der Waals surface area contributed by atoms with Crippen LogP contribution in [0.5, 0.6) is 5.75 Å². The average Bonchev–Trinajstić information content (AvgIpc) is 3.39. The molecular formula is C21H22N2O4S2. The minimum Gasteiger partial charge on any atom is -0.494 e. The number of ether oxygens (including phenoxy) is 2. The molecular weight excluding hydrogens is 408 g/mol. The molecule has 0 aliphatic heterocycles. The number of hydrogen-bond acceptors (Lipinski definition) is 7. The molecule has 2 heterocycles. The number of rotatable bonds is 9. The van der Waals surface area contributed by atoms with E-state index < -0.39 is 5.97 Å². The molecule has 1 aromatic carbocycles. The van der Waals surface area contributed by atoms with Gasteiger partial charge < -0.3 is 14.4 Å². The maximum Gasteiger partial charge on any atom is 0.312 e. The molecule has 29 heavy (non-hydrogen) atoms. The summed E-state index contributed by atoms with van der Waals surface area (Å²) in [6.45, 7) is 2.69. The van der Waals surface area contributed by atoms with Gasteiger partial charge in [0.15, 0.2) is 6.61 Å². The molecule has 0 aliphatic rings. The molecule has 0 unspecified atom stereocenters. The van der Waals surface area contributed by atoms with Gasteiger partial charge >= 0.3 is 5.97 Å². The lowest BCUT2D eigenvalue weighted by Gasteiger charge is -2.17. The Labute approximate surface area is 177 Å². The van der Waals surface area contributed by atoms with Crippen LogP contribution in [0.1, 0.15) is 18.2 Å². The molecule has 0 radical (unpaired) electrons. The van der Waals surface area contributed by atoms with Gasteiger partial charge in [-0.15, -0.1) is 22.7 Å². The van der Waals surface area contributed by atoms with Crippen molar-refractivity contribution in [1.29, 1.82) is 0 Å². The van der Waals surface area contributed by atoms with Gasteiger partial charge in [0.05, 0.1) is 23.6 Å². The van der Waals surface area contributed by atoms with Crippen LogP contribution >= 0.6 is 22.7 Å². The first-order valence-electron chi connectivity index (χ1n) is 9.14. The molecule has 0 aliphatic carbocycles. The number of thiophene rings is 1. The van der Waals surface area contributed by atoms with Crippen LogP contribution < -0.4 is 4.74 Å². The largest absolute Gasteiger partial charge is 0.494 e. The SMILES string of the molecule is CCOc1ccc(CN(C)C(=O)COC(=O)Cc2csc(-c3cccs3)n2)cc1. The molecule has 0 fully saturated rings. The molecule has 0 atom stereocenters. The molecule has 6 nitrogen and oxygen atoms in total. The van der Waals surface area contributed by atoms with Crippen LogP contribution in [0.3, 0.4) is 0 Å². The molecule has 1 amide bonds. The predicted octanol–water partition coefficient (Wildman–Crippen LogP) is 4.01. The number of carbonyl (C=O) groups excluding carboxylic acids is 2. The zero-order valence-electron chi connectivity index (χ0n) is 16.3. The van der Waals surface area contributed by atoms with Crippen LogP contribution in [0.2, 0.25) is 0 Å². The van der Waals surface area contributed by atoms with Gasteiger partial charge in [0.1, 0.15) is 10.8 Å². The first kappa shape index (κ1) is 21.0. The van der Waals surface area contributed by atoms with Crippen molar-refractivity contribution in [2.75, 3.05) is 20.3 Å². The van der Waals surface area contributed by atoms with E-state index in [1.54, 1.807) is 18.4 Å². The smallest absolute Gasteiger partial charge is 0.312 e. The summed E-state index contributed by atoms with van der Waals surface area (Å²) in [6, 6.07) is 11.5. The maximum absolute atomic E-state index is 12.2. The Hall–Kier alpha value is -2.71. The quantitative estimate of drug-likeness (QED) is 0.480. The van der Waals surface area contributed by atoms with Crippen molar-refractivity contribution in [3.05, 3.63) is 58.4 Å². The number of likely N-dealkylation sites (N-methyl/N-ethyl adjacent to an activating group) is 1. The van der Waals surface area contributed by atoms with Gasteiger partial charge in [0, 0.05) is 19.0 Å². The van der Waals surface area contributed by atoms with Crippen molar-refractivity contribution in [1.82, 2.24) is 9.88 Å². The number of hydrogen-bond donors (Lipinski definition) is 0. The van der Waals surface area contributed by atoms with Gasteiger partial charge in [-0.1, -0.05) is 18.2 Å². The normalized spacial score (nSPS) is 10.6. The van der Waals surface area contributed by atoms with Gasteiger partial charge in [-0.25, -0.2) is 4.98 Å². The topological polar surface area (TPSA) is 68.7 Å². The molecule has 3 rings (SSSR count). The Bertz CT molecular complexity index is 936. The van der Waals surface area contributed by atoms with Crippen LogP contribution in [0.15, 0.2) is 47.2 Å².